The summed E-state index contributed by atoms with van der Waals surface area (Å²) in [6.07, 6.45) is 2.92. The zero-order valence-electron chi connectivity index (χ0n) is 15.3. The molecule has 26 heavy (non-hydrogen) atoms. The molecule has 0 aromatic heterocycles. The third-order valence-corrected chi connectivity index (χ3v) is 4.41. The van der Waals surface area contributed by atoms with Gasteiger partial charge in [0.2, 0.25) is 5.91 Å². The number of carbonyl (C=O) groups excluding carboxylic acids is 2. The molecule has 0 bridgehead atoms. The number of hydrogen-bond donors (Lipinski definition) is 2. The molecule has 142 valence electrons. The Hall–Kier alpha value is -2.64. The van der Waals surface area contributed by atoms with E-state index in [9.17, 15) is 19.7 Å². The first-order valence-corrected chi connectivity index (χ1v) is 9.00. The minimum absolute atomic E-state index is 0.0813. The highest BCUT2D eigenvalue weighted by Gasteiger charge is 2.25. The summed E-state index contributed by atoms with van der Waals surface area (Å²) in [7, 11) is 0. The Morgan fingerprint density at radius 2 is 2.12 bits per heavy atom. The van der Waals surface area contributed by atoms with Crippen molar-refractivity contribution in [2.24, 2.45) is 5.92 Å². The third kappa shape index (κ3) is 5.18. The van der Waals surface area contributed by atoms with Gasteiger partial charge in [0, 0.05) is 31.3 Å². The van der Waals surface area contributed by atoms with Gasteiger partial charge in [-0.05, 0) is 37.3 Å². The number of nitro groups is 1. The zero-order valence-corrected chi connectivity index (χ0v) is 15.3. The Labute approximate surface area is 153 Å². The zero-order chi connectivity index (χ0) is 19.1. The minimum Gasteiger partial charge on any atom is -0.366 e. The van der Waals surface area contributed by atoms with Crippen molar-refractivity contribution in [1.82, 2.24) is 10.6 Å². The van der Waals surface area contributed by atoms with E-state index in [0.29, 0.717) is 18.2 Å². The summed E-state index contributed by atoms with van der Waals surface area (Å²) >= 11 is 0. The Kier molecular flexibility index (Phi) is 6.94. The van der Waals surface area contributed by atoms with Crippen molar-refractivity contribution in [3.05, 3.63) is 33.9 Å². The monoisotopic (exact) mass is 362 g/mol. The van der Waals surface area contributed by atoms with E-state index in [4.69, 9.17) is 0 Å². The van der Waals surface area contributed by atoms with Crippen molar-refractivity contribution in [3.8, 4) is 0 Å². The van der Waals surface area contributed by atoms with E-state index in [1.54, 1.807) is 12.1 Å². The highest BCUT2D eigenvalue weighted by Crippen LogP contribution is 2.32. The van der Waals surface area contributed by atoms with Crippen LogP contribution in [0, 0.1) is 16.0 Å². The number of carbonyl (C=O) groups is 2. The van der Waals surface area contributed by atoms with Gasteiger partial charge in [-0.25, -0.2) is 0 Å². The SMILES string of the molecule is CCCNC(=O)CNC(=O)c1ccc(N2CCCC(C)C2)c([N+](=O)[O-])c1. The molecule has 1 aliphatic rings. The van der Waals surface area contributed by atoms with Crippen molar-refractivity contribution in [3.63, 3.8) is 0 Å². The van der Waals surface area contributed by atoms with Gasteiger partial charge in [-0.1, -0.05) is 13.8 Å². The molecule has 0 radical (unpaired) electrons. The van der Waals surface area contributed by atoms with Gasteiger partial charge >= 0.3 is 0 Å². The fourth-order valence-corrected chi connectivity index (χ4v) is 3.08. The maximum atomic E-state index is 12.2. The summed E-state index contributed by atoms with van der Waals surface area (Å²) in [6.45, 7) is 5.99. The highest BCUT2D eigenvalue weighted by atomic mass is 16.6. The summed E-state index contributed by atoms with van der Waals surface area (Å²) in [5, 5.41) is 16.6. The van der Waals surface area contributed by atoms with Gasteiger partial charge in [0.15, 0.2) is 0 Å². The molecule has 1 fully saturated rings. The van der Waals surface area contributed by atoms with Crippen molar-refractivity contribution >= 4 is 23.2 Å². The molecule has 1 saturated heterocycles. The van der Waals surface area contributed by atoms with Crippen LogP contribution in [0.4, 0.5) is 11.4 Å². The average molecular weight is 362 g/mol. The number of hydrogen-bond acceptors (Lipinski definition) is 5. The van der Waals surface area contributed by atoms with Crippen molar-refractivity contribution in [2.75, 3.05) is 31.1 Å². The molecule has 1 atom stereocenters. The van der Waals surface area contributed by atoms with Crippen molar-refractivity contribution in [2.45, 2.75) is 33.1 Å². The third-order valence-electron chi connectivity index (χ3n) is 4.41. The van der Waals surface area contributed by atoms with Crippen LogP contribution in [0.5, 0.6) is 0 Å². The molecule has 1 aromatic carbocycles. The van der Waals surface area contributed by atoms with Crippen LogP contribution in [-0.2, 0) is 4.79 Å². The van der Waals surface area contributed by atoms with Crippen LogP contribution < -0.4 is 15.5 Å². The molecule has 8 heteroatoms. The number of nitrogens with one attached hydrogen (secondary N) is 2. The number of piperidine rings is 1. The smallest absolute Gasteiger partial charge is 0.293 e. The number of nitro benzene ring substituents is 1. The van der Waals surface area contributed by atoms with Crippen LogP contribution in [0.15, 0.2) is 18.2 Å². The fourth-order valence-electron chi connectivity index (χ4n) is 3.08. The lowest BCUT2D eigenvalue weighted by Gasteiger charge is -2.32. The van der Waals surface area contributed by atoms with Crippen LogP contribution >= 0.6 is 0 Å². The number of nitrogens with zero attached hydrogens (tertiary/aromatic N) is 2. The van der Waals surface area contributed by atoms with Gasteiger partial charge in [0.1, 0.15) is 5.69 Å². The van der Waals surface area contributed by atoms with Gasteiger partial charge in [-0.3, -0.25) is 19.7 Å². The normalized spacial score (nSPS) is 16.8. The second-order valence-corrected chi connectivity index (χ2v) is 6.69. The number of anilines is 1. The van der Waals surface area contributed by atoms with Gasteiger partial charge < -0.3 is 15.5 Å². The minimum atomic E-state index is -0.502. The predicted octanol–water partition coefficient (Wildman–Crippen LogP) is 2.09. The molecule has 1 heterocycles. The Morgan fingerprint density at radius 1 is 1.35 bits per heavy atom. The molecule has 2 N–H and O–H groups in total. The van der Waals surface area contributed by atoms with E-state index in [1.165, 1.54) is 6.07 Å². The van der Waals surface area contributed by atoms with Crippen LogP contribution in [0.3, 0.4) is 0 Å². The van der Waals surface area contributed by atoms with Crippen molar-refractivity contribution < 1.29 is 14.5 Å². The van der Waals surface area contributed by atoms with Gasteiger partial charge in [-0.15, -0.1) is 0 Å². The van der Waals surface area contributed by atoms with Crippen LogP contribution in [-0.4, -0.2) is 42.9 Å². The molecular formula is C18H26N4O4. The molecule has 1 aromatic rings. The molecule has 0 saturated carbocycles. The summed E-state index contributed by atoms with van der Waals surface area (Å²) in [5.74, 6) is -0.306. The van der Waals surface area contributed by atoms with Crippen LogP contribution in [0.1, 0.15) is 43.5 Å². The van der Waals surface area contributed by atoms with Crippen molar-refractivity contribution in [1.29, 1.82) is 0 Å². The van der Waals surface area contributed by atoms with Crippen LogP contribution in [0.25, 0.3) is 0 Å². The molecule has 8 nitrogen and oxygen atoms in total. The summed E-state index contributed by atoms with van der Waals surface area (Å²) in [6, 6.07) is 4.48. The van der Waals surface area contributed by atoms with E-state index in [2.05, 4.69) is 17.6 Å². The lowest BCUT2D eigenvalue weighted by molar-refractivity contribution is -0.384. The second kappa shape index (κ2) is 9.17. The lowest BCUT2D eigenvalue weighted by Crippen LogP contribution is -2.37. The summed E-state index contributed by atoms with van der Waals surface area (Å²) in [4.78, 5) is 36.8. The molecular weight excluding hydrogens is 336 g/mol. The van der Waals surface area contributed by atoms with E-state index in [0.717, 1.165) is 32.4 Å². The van der Waals surface area contributed by atoms with E-state index >= 15 is 0 Å². The van der Waals surface area contributed by atoms with Gasteiger partial charge in [0.05, 0.1) is 11.5 Å². The predicted molar refractivity (Wildman–Crippen MR) is 99.3 cm³/mol. The van der Waals surface area contributed by atoms with Gasteiger partial charge in [-0.2, -0.15) is 0 Å². The lowest BCUT2D eigenvalue weighted by atomic mass is 9.99. The maximum absolute atomic E-state index is 12.2. The second-order valence-electron chi connectivity index (χ2n) is 6.69. The Balaban J connectivity index is 2.10. The first-order valence-electron chi connectivity index (χ1n) is 9.00. The highest BCUT2D eigenvalue weighted by molar-refractivity contribution is 5.97. The Morgan fingerprint density at radius 3 is 2.77 bits per heavy atom. The molecule has 2 rings (SSSR count). The largest absolute Gasteiger partial charge is 0.366 e. The van der Waals surface area contributed by atoms with E-state index in [1.807, 2.05) is 11.8 Å². The quantitative estimate of drug-likeness (QED) is 0.571. The first-order chi connectivity index (χ1) is 12.4. The molecule has 0 spiro atoms. The average Bonchev–Trinajstić information content (AvgIpc) is 2.63. The van der Waals surface area contributed by atoms with Crippen LogP contribution in [0.2, 0.25) is 0 Å². The van der Waals surface area contributed by atoms with E-state index in [-0.39, 0.29) is 23.7 Å². The number of rotatable bonds is 7. The topological polar surface area (TPSA) is 105 Å². The van der Waals surface area contributed by atoms with Gasteiger partial charge in [0.25, 0.3) is 11.6 Å². The summed E-state index contributed by atoms with van der Waals surface area (Å²) < 4.78 is 0. The maximum Gasteiger partial charge on any atom is 0.293 e. The fraction of sp³-hybridized carbons (Fsp3) is 0.556. The molecule has 0 aliphatic carbocycles. The summed E-state index contributed by atoms with van der Waals surface area (Å²) in [5.41, 5.74) is 0.634. The number of benzene rings is 1. The number of amides is 2. The standard InChI is InChI=1S/C18H26N4O4/c1-3-8-19-17(23)11-20-18(24)14-6-7-15(16(10-14)22(25)26)21-9-4-5-13(2)12-21/h6-7,10,13H,3-5,8-9,11-12H2,1-2H3,(H,19,23)(H,20,24). The Bertz CT molecular complexity index is 677. The first kappa shape index (κ1) is 19.7. The van der Waals surface area contributed by atoms with E-state index < -0.39 is 10.8 Å². The molecule has 1 aliphatic heterocycles. The molecule has 1 unspecified atom stereocenters. The molecule has 2 amide bonds.